The molecule has 0 unspecified atom stereocenters. The summed E-state index contributed by atoms with van der Waals surface area (Å²) in [6, 6.07) is 0. The minimum absolute atomic E-state index is 0.0876. The molecule has 2 fully saturated rings. The Bertz CT molecular complexity index is 311. The quantitative estimate of drug-likeness (QED) is 0.625. The molecule has 0 saturated carbocycles. The summed E-state index contributed by atoms with van der Waals surface area (Å²) in [6.07, 6.45) is 0.716. The lowest BCUT2D eigenvalue weighted by atomic mass is 9.90. The van der Waals surface area contributed by atoms with Gasteiger partial charge in [0.05, 0.1) is 18.7 Å². The molecule has 4 nitrogen and oxygen atoms in total. The van der Waals surface area contributed by atoms with Crippen LogP contribution in [0.2, 0.25) is 0 Å². The predicted molar refractivity (Wildman–Crippen MR) is 57.4 cm³/mol. The van der Waals surface area contributed by atoms with Gasteiger partial charge < -0.3 is 15.3 Å². The average molecular weight is 210 g/mol. The first-order valence-corrected chi connectivity index (χ1v) is 5.47. The molecule has 0 aromatic carbocycles. The van der Waals surface area contributed by atoms with Gasteiger partial charge in [-0.1, -0.05) is 6.92 Å². The van der Waals surface area contributed by atoms with Gasteiger partial charge in [-0.3, -0.25) is 4.79 Å². The fraction of sp³-hybridized carbons (Fsp3) is 0.727. The maximum atomic E-state index is 11.9. The van der Waals surface area contributed by atoms with Crippen molar-refractivity contribution in [2.45, 2.75) is 25.9 Å². The normalized spacial score (nSPS) is 23.1. The van der Waals surface area contributed by atoms with Crippen molar-refractivity contribution in [1.82, 2.24) is 10.2 Å². The molecule has 2 heterocycles. The summed E-state index contributed by atoms with van der Waals surface area (Å²) >= 11 is 0. The number of nitrogens with one attached hydrogen (secondary N) is 1. The minimum atomic E-state index is -0.627. The molecule has 0 aromatic rings. The highest BCUT2D eigenvalue weighted by Gasteiger charge is 2.42. The Morgan fingerprint density at radius 1 is 1.53 bits per heavy atom. The predicted octanol–water partition coefficient (Wildman–Crippen LogP) is -0.111. The largest absolute Gasteiger partial charge is 0.386 e. The highest BCUT2D eigenvalue weighted by atomic mass is 16.3. The highest BCUT2D eigenvalue weighted by molar-refractivity contribution is 5.94. The first kappa shape index (κ1) is 10.6. The smallest absolute Gasteiger partial charge is 0.249 e. The number of aliphatic hydroxyl groups is 1. The summed E-state index contributed by atoms with van der Waals surface area (Å²) in [5.74, 6) is 0.0876. The second kappa shape index (κ2) is 3.61. The van der Waals surface area contributed by atoms with Gasteiger partial charge >= 0.3 is 0 Å². The number of hydrogen-bond donors (Lipinski definition) is 2. The van der Waals surface area contributed by atoms with E-state index in [0.29, 0.717) is 19.5 Å². The maximum absolute atomic E-state index is 11.9. The molecular formula is C11H18N2O2. The van der Waals surface area contributed by atoms with Crippen molar-refractivity contribution in [2.24, 2.45) is 0 Å². The van der Waals surface area contributed by atoms with Gasteiger partial charge in [0, 0.05) is 18.7 Å². The van der Waals surface area contributed by atoms with Gasteiger partial charge in [0.25, 0.3) is 0 Å². The molecule has 0 bridgehead atoms. The Balaban J connectivity index is 1.94. The summed E-state index contributed by atoms with van der Waals surface area (Å²) in [7, 11) is 0. The van der Waals surface area contributed by atoms with Crippen LogP contribution in [-0.4, -0.2) is 47.7 Å². The third kappa shape index (κ3) is 1.79. The van der Waals surface area contributed by atoms with E-state index in [2.05, 4.69) is 5.32 Å². The second-order valence-corrected chi connectivity index (χ2v) is 4.57. The topological polar surface area (TPSA) is 52.6 Å². The number of carbonyl (C=O) groups is 1. The van der Waals surface area contributed by atoms with Crippen molar-refractivity contribution in [3.05, 3.63) is 11.1 Å². The lowest BCUT2D eigenvalue weighted by Gasteiger charge is -2.46. The zero-order valence-corrected chi connectivity index (χ0v) is 9.34. The molecule has 0 aliphatic carbocycles. The zero-order chi connectivity index (χ0) is 11.1. The van der Waals surface area contributed by atoms with E-state index < -0.39 is 5.60 Å². The molecule has 1 amide bonds. The molecule has 0 radical (unpaired) electrons. The van der Waals surface area contributed by atoms with E-state index in [-0.39, 0.29) is 5.91 Å². The number of hydrogen-bond acceptors (Lipinski definition) is 3. The summed E-state index contributed by atoms with van der Waals surface area (Å²) in [4.78, 5) is 13.6. The van der Waals surface area contributed by atoms with Crippen molar-refractivity contribution >= 4 is 5.91 Å². The van der Waals surface area contributed by atoms with Gasteiger partial charge in [0.2, 0.25) is 5.91 Å². The molecule has 0 aromatic heterocycles. The van der Waals surface area contributed by atoms with Crippen LogP contribution in [0.4, 0.5) is 0 Å². The van der Waals surface area contributed by atoms with Crippen LogP contribution in [0.1, 0.15) is 20.3 Å². The molecule has 2 aliphatic rings. The first-order chi connectivity index (χ1) is 7.06. The summed E-state index contributed by atoms with van der Waals surface area (Å²) < 4.78 is 0. The van der Waals surface area contributed by atoms with Crippen molar-refractivity contribution in [3.8, 4) is 0 Å². The first-order valence-electron chi connectivity index (χ1n) is 5.47. The molecule has 2 saturated heterocycles. The average Bonchev–Trinajstić information content (AvgIpc) is 2.09. The molecule has 0 atom stereocenters. The lowest BCUT2D eigenvalue weighted by molar-refractivity contribution is -0.151. The van der Waals surface area contributed by atoms with Crippen molar-refractivity contribution < 1.29 is 9.90 Å². The lowest BCUT2D eigenvalue weighted by Crippen LogP contribution is -2.63. The Morgan fingerprint density at radius 3 is 2.53 bits per heavy atom. The van der Waals surface area contributed by atoms with E-state index in [4.69, 9.17) is 0 Å². The monoisotopic (exact) mass is 210 g/mol. The SMILES string of the molecule is CCC1(O)CN(C(=O)C(C)=C2CNC2)C1. The standard InChI is InChI=1S/C11H18N2O2/c1-3-11(15)6-13(7-11)10(14)8(2)9-4-12-5-9/h12,15H,3-7H2,1-2H3. The molecule has 4 heteroatoms. The van der Waals surface area contributed by atoms with Crippen LogP contribution in [0, 0.1) is 0 Å². The zero-order valence-electron chi connectivity index (χ0n) is 9.34. The van der Waals surface area contributed by atoms with E-state index >= 15 is 0 Å². The molecule has 84 valence electrons. The third-order valence-corrected chi connectivity index (χ3v) is 3.44. The number of nitrogens with zero attached hydrogens (tertiary/aromatic N) is 1. The fourth-order valence-corrected chi connectivity index (χ4v) is 1.94. The van der Waals surface area contributed by atoms with E-state index in [1.54, 1.807) is 4.90 Å². The number of β-amino-alcohol motifs (C(OH)–C–C–N with tert-alkyl or cyclic N) is 1. The van der Waals surface area contributed by atoms with Gasteiger partial charge in [-0.25, -0.2) is 0 Å². The Labute approximate surface area is 90.0 Å². The van der Waals surface area contributed by atoms with E-state index in [1.165, 1.54) is 5.57 Å². The van der Waals surface area contributed by atoms with Crippen LogP contribution in [0.25, 0.3) is 0 Å². The fourth-order valence-electron chi connectivity index (χ4n) is 1.94. The van der Waals surface area contributed by atoms with Gasteiger partial charge in [-0.2, -0.15) is 0 Å². The van der Waals surface area contributed by atoms with Crippen molar-refractivity contribution in [1.29, 1.82) is 0 Å². The summed E-state index contributed by atoms with van der Waals surface area (Å²) in [5, 5.41) is 12.9. The van der Waals surface area contributed by atoms with Crippen LogP contribution in [0.15, 0.2) is 11.1 Å². The van der Waals surface area contributed by atoms with E-state index in [9.17, 15) is 9.90 Å². The van der Waals surface area contributed by atoms with Crippen LogP contribution < -0.4 is 5.32 Å². The highest BCUT2D eigenvalue weighted by Crippen LogP contribution is 2.26. The van der Waals surface area contributed by atoms with Gasteiger partial charge in [0.1, 0.15) is 0 Å². The van der Waals surface area contributed by atoms with Gasteiger partial charge in [-0.05, 0) is 18.9 Å². The summed E-state index contributed by atoms with van der Waals surface area (Å²) in [5.41, 5.74) is 1.43. The number of amides is 1. The van der Waals surface area contributed by atoms with Crippen LogP contribution >= 0.6 is 0 Å². The Kier molecular flexibility index (Phi) is 2.56. The minimum Gasteiger partial charge on any atom is -0.386 e. The number of rotatable bonds is 2. The number of likely N-dealkylation sites (tertiary alicyclic amines) is 1. The molecule has 0 spiro atoms. The molecular weight excluding hydrogens is 192 g/mol. The van der Waals surface area contributed by atoms with Gasteiger partial charge in [-0.15, -0.1) is 0 Å². The Morgan fingerprint density at radius 2 is 2.13 bits per heavy atom. The molecule has 2 aliphatic heterocycles. The molecule has 2 rings (SSSR count). The van der Waals surface area contributed by atoms with E-state index in [1.807, 2.05) is 13.8 Å². The van der Waals surface area contributed by atoms with Crippen LogP contribution in [0.3, 0.4) is 0 Å². The number of carbonyl (C=O) groups excluding carboxylic acids is 1. The maximum Gasteiger partial charge on any atom is 0.249 e. The van der Waals surface area contributed by atoms with Gasteiger partial charge in [0.15, 0.2) is 0 Å². The Hall–Kier alpha value is -0.870. The van der Waals surface area contributed by atoms with Crippen molar-refractivity contribution in [3.63, 3.8) is 0 Å². The third-order valence-electron chi connectivity index (χ3n) is 3.44. The summed E-state index contributed by atoms with van der Waals surface area (Å²) in [6.45, 7) is 6.47. The van der Waals surface area contributed by atoms with Crippen LogP contribution in [-0.2, 0) is 4.79 Å². The second-order valence-electron chi connectivity index (χ2n) is 4.57. The molecule has 15 heavy (non-hydrogen) atoms. The molecule has 2 N–H and O–H groups in total. The van der Waals surface area contributed by atoms with Crippen LogP contribution in [0.5, 0.6) is 0 Å². The van der Waals surface area contributed by atoms with Crippen molar-refractivity contribution in [2.75, 3.05) is 26.2 Å². The van der Waals surface area contributed by atoms with E-state index in [0.717, 1.165) is 18.7 Å².